The lowest BCUT2D eigenvalue weighted by Gasteiger charge is -2.16. The van der Waals surface area contributed by atoms with E-state index in [0.29, 0.717) is 12.3 Å². The third-order valence-electron chi connectivity index (χ3n) is 4.03. The van der Waals surface area contributed by atoms with Crippen LogP contribution in [0.1, 0.15) is 29.2 Å². The standard InChI is InChI=1S/C21H26ClNO2S/c1-14-5-7-18(8-6-14)13-26-10-9-23-21(24)17(4)25-19-11-15(2)20(22)16(3)12-19/h5-8,11-12,17H,9-10,13H2,1-4H3,(H,23,24)/t17-/m0/s1. The van der Waals surface area contributed by atoms with Gasteiger partial charge in [0.1, 0.15) is 5.75 Å². The fourth-order valence-electron chi connectivity index (χ4n) is 2.50. The molecule has 0 saturated carbocycles. The molecule has 0 spiro atoms. The van der Waals surface area contributed by atoms with E-state index in [2.05, 4.69) is 36.5 Å². The van der Waals surface area contributed by atoms with Crippen molar-refractivity contribution in [3.8, 4) is 5.75 Å². The second kappa shape index (κ2) is 9.89. The van der Waals surface area contributed by atoms with Crippen LogP contribution in [0.2, 0.25) is 5.02 Å². The van der Waals surface area contributed by atoms with Gasteiger partial charge in [-0.2, -0.15) is 11.8 Å². The van der Waals surface area contributed by atoms with Gasteiger partial charge in [0, 0.05) is 23.1 Å². The minimum Gasteiger partial charge on any atom is -0.481 e. The van der Waals surface area contributed by atoms with Crippen LogP contribution < -0.4 is 10.1 Å². The van der Waals surface area contributed by atoms with E-state index in [1.54, 1.807) is 18.7 Å². The molecular formula is C21H26ClNO2S. The molecule has 2 rings (SSSR count). The molecule has 2 aromatic rings. The SMILES string of the molecule is Cc1ccc(CSCCNC(=O)[C@H](C)Oc2cc(C)c(Cl)c(C)c2)cc1. The van der Waals surface area contributed by atoms with Gasteiger partial charge in [-0.1, -0.05) is 41.4 Å². The largest absolute Gasteiger partial charge is 0.481 e. The van der Waals surface area contributed by atoms with E-state index < -0.39 is 6.10 Å². The summed E-state index contributed by atoms with van der Waals surface area (Å²) in [5.74, 6) is 2.38. The molecule has 0 heterocycles. The molecule has 0 bridgehead atoms. The zero-order valence-corrected chi connectivity index (χ0v) is 17.3. The second-order valence-electron chi connectivity index (χ2n) is 6.46. The number of nitrogens with one attached hydrogen (secondary N) is 1. The molecule has 0 aliphatic carbocycles. The number of amides is 1. The van der Waals surface area contributed by atoms with Gasteiger partial charge in [0.2, 0.25) is 0 Å². The number of benzene rings is 2. The van der Waals surface area contributed by atoms with Gasteiger partial charge in [-0.05, 0) is 56.5 Å². The third-order valence-corrected chi connectivity index (χ3v) is 5.65. The van der Waals surface area contributed by atoms with Crippen molar-refractivity contribution in [2.45, 2.75) is 39.6 Å². The minimum absolute atomic E-state index is 0.105. The van der Waals surface area contributed by atoms with Crippen LogP contribution in [0.5, 0.6) is 5.75 Å². The maximum atomic E-state index is 12.2. The highest BCUT2D eigenvalue weighted by Gasteiger charge is 2.15. The molecule has 1 N–H and O–H groups in total. The molecule has 0 aliphatic rings. The number of carbonyl (C=O) groups excluding carboxylic acids is 1. The van der Waals surface area contributed by atoms with Crippen molar-refractivity contribution in [3.05, 3.63) is 63.7 Å². The van der Waals surface area contributed by atoms with E-state index in [0.717, 1.165) is 27.7 Å². The van der Waals surface area contributed by atoms with E-state index in [9.17, 15) is 4.79 Å². The highest BCUT2D eigenvalue weighted by atomic mass is 35.5. The molecule has 0 unspecified atom stereocenters. The summed E-state index contributed by atoms with van der Waals surface area (Å²) in [4.78, 5) is 12.2. The number of halogens is 1. The minimum atomic E-state index is -0.544. The van der Waals surface area contributed by atoms with Gasteiger partial charge in [-0.25, -0.2) is 0 Å². The molecule has 140 valence electrons. The molecule has 0 aliphatic heterocycles. The van der Waals surface area contributed by atoms with Crippen LogP contribution in [0, 0.1) is 20.8 Å². The van der Waals surface area contributed by atoms with Crippen molar-refractivity contribution in [1.29, 1.82) is 0 Å². The second-order valence-corrected chi connectivity index (χ2v) is 7.94. The van der Waals surface area contributed by atoms with Crippen LogP contribution in [0.3, 0.4) is 0 Å². The van der Waals surface area contributed by atoms with Gasteiger partial charge in [-0.3, -0.25) is 4.79 Å². The van der Waals surface area contributed by atoms with Crippen molar-refractivity contribution in [2.24, 2.45) is 0 Å². The van der Waals surface area contributed by atoms with Crippen LogP contribution in [-0.2, 0) is 10.5 Å². The predicted molar refractivity (Wildman–Crippen MR) is 111 cm³/mol. The Hall–Kier alpha value is -1.65. The summed E-state index contributed by atoms with van der Waals surface area (Å²) >= 11 is 7.97. The number of hydrogen-bond donors (Lipinski definition) is 1. The molecular weight excluding hydrogens is 366 g/mol. The lowest BCUT2D eigenvalue weighted by atomic mass is 10.1. The Bertz CT molecular complexity index is 723. The molecule has 0 fully saturated rings. The topological polar surface area (TPSA) is 38.3 Å². The van der Waals surface area contributed by atoms with Crippen molar-refractivity contribution in [3.63, 3.8) is 0 Å². The Kier molecular flexibility index (Phi) is 7.85. The first kappa shape index (κ1) is 20.7. The van der Waals surface area contributed by atoms with Crippen molar-refractivity contribution in [1.82, 2.24) is 5.32 Å². The summed E-state index contributed by atoms with van der Waals surface area (Å²) in [6.07, 6.45) is -0.544. The molecule has 1 atom stereocenters. The lowest BCUT2D eigenvalue weighted by molar-refractivity contribution is -0.127. The summed E-state index contributed by atoms with van der Waals surface area (Å²) in [5.41, 5.74) is 4.46. The van der Waals surface area contributed by atoms with Crippen LogP contribution in [0.15, 0.2) is 36.4 Å². The number of aryl methyl sites for hydroxylation is 3. The molecule has 5 heteroatoms. The smallest absolute Gasteiger partial charge is 0.260 e. The van der Waals surface area contributed by atoms with Crippen molar-refractivity contribution >= 4 is 29.3 Å². The van der Waals surface area contributed by atoms with Crippen LogP contribution >= 0.6 is 23.4 Å². The number of carbonyl (C=O) groups is 1. The summed E-state index contributed by atoms with van der Waals surface area (Å²) in [7, 11) is 0. The summed E-state index contributed by atoms with van der Waals surface area (Å²) in [6.45, 7) is 8.33. The van der Waals surface area contributed by atoms with E-state index in [1.165, 1.54) is 11.1 Å². The maximum Gasteiger partial charge on any atom is 0.260 e. The highest BCUT2D eigenvalue weighted by Crippen LogP contribution is 2.26. The molecule has 3 nitrogen and oxygen atoms in total. The van der Waals surface area contributed by atoms with E-state index >= 15 is 0 Å². The maximum absolute atomic E-state index is 12.2. The van der Waals surface area contributed by atoms with E-state index in [4.69, 9.17) is 16.3 Å². The molecule has 2 aromatic carbocycles. The van der Waals surface area contributed by atoms with Gasteiger partial charge in [-0.15, -0.1) is 0 Å². The molecule has 1 amide bonds. The summed E-state index contributed by atoms with van der Waals surface area (Å²) in [5, 5.41) is 3.66. The zero-order chi connectivity index (χ0) is 19.1. The van der Waals surface area contributed by atoms with E-state index in [1.807, 2.05) is 26.0 Å². The van der Waals surface area contributed by atoms with Gasteiger partial charge in [0.05, 0.1) is 0 Å². The van der Waals surface area contributed by atoms with Crippen LogP contribution in [-0.4, -0.2) is 24.3 Å². The lowest BCUT2D eigenvalue weighted by Crippen LogP contribution is -2.37. The van der Waals surface area contributed by atoms with Crippen LogP contribution in [0.25, 0.3) is 0 Å². The Morgan fingerprint density at radius 3 is 2.38 bits per heavy atom. The molecule has 0 saturated heterocycles. The predicted octanol–water partition coefficient (Wildman–Crippen LogP) is 5.08. The zero-order valence-electron chi connectivity index (χ0n) is 15.8. The van der Waals surface area contributed by atoms with Gasteiger partial charge in [0.25, 0.3) is 5.91 Å². The Balaban J connectivity index is 1.71. The highest BCUT2D eigenvalue weighted by molar-refractivity contribution is 7.98. The Labute approximate surface area is 165 Å². The fraction of sp³-hybridized carbons (Fsp3) is 0.381. The van der Waals surface area contributed by atoms with Gasteiger partial charge in [0.15, 0.2) is 6.10 Å². The molecule has 0 aromatic heterocycles. The quantitative estimate of drug-likeness (QED) is 0.637. The molecule has 26 heavy (non-hydrogen) atoms. The first-order chi connectivity index (χ1) is 12.4. The third kappa shape index (κ3) is 6.26. The van der Waals surface area contributed by atoms with Gasteiger partial charge < -0.3 is 10.1 Å². The molecule has 0 radical (unpaired) electrons. The average molecular weight is 392 g/mol. The van der Waals surface area contributed by atoms with Gasteiger partial charge >= 0.3 is 0 Å². The monoisotopic (exact) mass is 391 g/mol. The van der Waals surface area contributed by atoms with Crippen LogP contribution in [0.4, 0.5) is 0 Å². The van der Waals surface area contributed by atoms with Crippen molar-refractivity contribution < 1.29 is 9.53 Å². The number of rotatable bonds is 8. The number of thioether (sulfide) groups is 1. The normalized spacial score (nSPS) is 11.9. The van der Waals surface area contributed by atoms with Crippen molar-refractivity contribution in [2.75, 3.05) is 12.3 Å². The number of hydrogen-bond acceptors (Lipinski definition) is 3. The Morgan fingerprint density at radius 2 is 1.77 bits per heavy atom. The summed E-state index contributed by atoms with van der Waals surface area (Å²) in [6, 6.07) is 12.3. The first-order valence-electron chi connectivity index (χ1n) is 8.71. The fourth-order valence-corrected chi connectivity index (χ4v) is 3.42. The van der Waals surface area contributed by atoms with E-state index in [-0.39, 0.29) is 5.91 Å². The summed E-state index contributed by atoms with van der Waals surface area (Å²) < 4.78 is 5.75. The average Bonchev–Trinajstić information content (AvgIpc) is 2.60. The number of ether oxygens (including phenoxy) is 1. The first-order valence-corrected chi connectivity index (χ1v) is 10.2. The Morgan fingerprint density at radius 1 is 1.15 bits per heavy atom.